The topological polar surface area (TPSA) is 95.9 Å². The zero-order valence-corrected chi connectivity index (χ0v) is 33.5. The molecule has 5 fully saturated rings. The number of hydrogen-bond acceptors (Lipinski definition) is 7. The summed E-state index contributed by atoms with van der Waals surface area (Å²) in [7, 11) is -2.86. The van der Waals surface area contributed by atoms with Crippen molar-refractivity contribution in [1.29, 1.82) is 0 Å². The lowest BCUT2D eigenvalue weighted by Gasteiger charge is -2.72. The van der Waals surface area contributed by atoms with Gasteiger partial charge in [0.1, 0.15) is 5.60 Å². The highest BCUT2D eigenvalue weighted by Gasteiger charge is 2.70. The molecule has 7 rings (SSSR count). The van der Waals surface area contributed by atoms with E-state index < -0.39 is 15.4 Å². The number of allylic oxidation sites excluding steroid dienone is 4. The van der Waals surface area contributed by atoms with Crippen LogP contribution >= 0.6 is 0 Å². The lowest BCUT2D eigenvalue weighted by atomic mass is 9.33. The lowest BCUT2D eigenvalue weighted by Crippen LogP contribution is -2.68. The van der Waals surface area contributed by atoms with Crippen molar-refractivity contribution >= 4 is 16.3 Å². The van der Waals surface area contributed by atoms with Crippen LogP contribution in [0.4, 0.5) is 0 Å². The Bertz CT molecular complexity index is 1550. The molecule has 8 heteroatoms. The van der Waals surface area contributed by atoms with Gasteiger partial charge in [0.05, 0.1) is 18.1 Å². The fourth-order valence-corrected chi connectivity index (χ4v) is 15.8. The maximum absolute atomic E-state index is 12.0. The van der Waals surface area contributed by atoms with Crippen LogP contribution in [0, 0.1) is 51.2 Å². The largest absolute Gasteiger partial charge is 0.458 e. The number of aliphatic hydroxyl groups is 1. The first kappa shape index (κ1) is 37.8. The molecule has 7 nitrogen and oxygen atoms in total. The third-order valence-electron chi connectivity index (χ3n) is 17.5. The molecular weight excluding hydrogens is 657 g/mol. The summed E-state index contributed by atoms with van der Waals surface area (Å²) in [4.78, 5) is 13.6. The summed E-state index contributed by atoms with van der Waals surface area (Å²) >= 11 is 0. The van der Waals surface area contributed by atoms with Crippen molar-refractivity contribution < 1.29 is 23.1 Å². The molecule has 0 spiro atoms. The van der Waals surface area contributed by atoms with E-state index in [-0.39, 0.29) is 33.8 Å². The van der Waals surface area contributed by atoms with Crippen LogP contribution in [-0.2, 0) is 19.4 Å². The zero-order chi connectivity index (χ0) is 36.7. The number of fused-ring (bicyclic) bond motifs is 7. The number of aliphatic hydroxyl groups excluding tert-OH is 1. The standard InChI is InChI=1S/C43H68N2O5S/c1-30(2)32-12-19-43(44-22-23-45-24-26-51(48,49)27-25-45)21-20-40(6)34(37(32)43)8-9-36-39(5)15-13-33(38(3,4)35(39)14-16-41(36,40)7)31-10-17-42(28-46,18-11-31)50-29-47/h10,13,29,32,34-37,44,46H,1,8-9,11-12,14-28H2,2-7H3/t32-,34+,35-,36+,37+,39-,40+,41+,42?,43-/m0/s1. The van der Waals surface area contributed by atoms with E-state index in [0.29, 0.717) is 73.5 Å². The number of carbonyl (C=O) groups excluding carboxylic acids is 1. The van der Waals surface area contributed by atoms with E-state index in [4.69, 9.17) is 4.74 Å². The van der Waals surface area contributed by atoms with Crippen LogP contribution in [0.25, 0.3) is 0 Å². The van der Waals surface area contributed by atoms with Gasteiger partial charge >= 0.3 is 0 Å². The van der Waals surface area contributed by atoms with E-state index in [9.17, 15) is 18.3 Å². The van der Waals surface area contributed by atoms with Gasteiger partial charge in [0.15, 0.2) is 9.84 Å². The van der Waals surface area contributed by atoms with Gasteiger partial charge < -0.3 is 20.1 Å². The summed E-state index contributed by atoms with van der Waals surface area (Å²) in [6.07, 6.45) is 18.3. The van der Waals surface area contributed by atoms with Gasteiger partial charge in [0.25, 0.3) is 6.47 Å². The Morgan fingerprint density at radius 2 is 1.71 bits per heavy atom. The monoisotopic (exact) mass is 724 g/mol. The molecule has 0 aromatic rings. The summed E-state index contributed by atoms with van der Waals surface area (Å²) < 4.78 is 29.5. The molecule has 51 heavy (non-hydrogen) atoms. The second-order valence-electron chi connectivity index (χ2n) is 19.8. The van der Waals surface area contributed by atoms with Crippen molar-refractivity contribution in [3.63, 3.8) is 0 Å². The third-order valence-corrected chi connectivity index (χ3v) is 19.1. The third kappa shape index (κ3) is 5.89. The van der Waals surface area contributed by atoms with E-state index in [1.165, 1.54) is 68.1 Å². The van der Waals surface area contributed by atoms with E-state index in [1.807, 2.05) is 0 Å². The van der Waals surface area contributed by atoms with Gasteiger partial charge in [-0.25, -0.2) is 8.42 Å². The molecule has 0 radical (unpaired) electrons. The summed E-state index contributed by atoms with van der Waals surface area (Å²) in [5, 5.41) is 14.3. The Labute approximate surface area is 309 Å². The van der Waals surface area contributed by atoms with Gasteiger partial charge in [0, 0.05) is 38.1 Å². The van der Waals surface area contributed by atoms with Crippen molar-refractivity contribution in [2.24, 2.45) is 51.2 Å². The fraction of sp³-hybridized carbons (Fsp3) is 0.837. The maximum atomic E-state index is 12.0. The molecule has 6 aliphatic carbocycles. The van der Waals surface area contributed by atoms with E-state index in [1.54, 1.807) is 0 Å². The van der Waals surface area contributed by atoms with E-state index >= 15 is 0 Å². The Balaban J connectivity index is 1.13. The average molecular weight is 725 g/mol. The minimum Gasteiger partial charge on any atom is -0.458 e. The molecule has 0 bridgehead atoms. The van der Waals surface area contributed by atoms with Crippen LogP contribution < -0.4 is 5.32 Å². The molecule has 0 amide bonds. The molecule has 0 aromatic heterocycles. The first-order valence-corrected chi connectivity index (χ1v) is 22.3. The molecule has 1 heterocycles. The number of carbonyl (C=O) groups is 1. The first-order valence-electron chi connectivity index (χ1n) is 20.5. The zero-order valence-electron chi connectivity index (χ0n) is 32.7. The summed E-state index contributed by atoms with van der Waals surface area (Å²) in [6.45, 7) is 23.6. The average Bonchev–Trinajstić information content (AvgIpc) is 3.46. The van der Waals surface area contributed by atoms with Crippen LogP contribution in [0.1, 0.15) is 119 Å². The second kappa shape index (κ2) is 13.1. The summed E-state index contributed by atoms with van der Waals surface area (Å²) in [6, 6.07) is 0. The van der Waals surface area contributed by atoms with E-state index in [2.05, 4.69) is 70.5 Å². The van der Waals surface area contributed by atoms with Gasteiger partial charge in [-0.05, 0) is 140 Å². The predicted octanol–water partition coefficient (Wildman–Crippen LogP) is 7.27. The highest BCUT2D eigenvalue weighted by atomic mass is 32.2. The molecule has 0 aromatic carbocycles. The van der Waals surface area contributed by atoms with Gasteiger partial charge in [-0.2, -0.15) is 0 Å². The second-order valence-corrected chi connectivity index (χ2v) is 22.1. The van der Waals surface area contributed by atoms with Crippen molar-refractivity contribution in [2.75, 3.05) is 44.3 Å². The van der Waals surface area contributed by atoms with Crippen LogP contribution in [0.15, 0.2) is 35.5 Å². The summed E-state index contributed by atoms with van der Waals surface area (Å²) in [5.74, 6) is 3.76. The molecular formula is C43H68N2O5S. The first-order chi connectivity index (χ1) is 24.0. The number of sulfone groups is 1. The maximum Gasteiger partial charge on any atom is 0.293 e. The van der Waals surface area contributed by atoms with Crippen molar-refractivity contribution in [1.82, 2.24) is 10.2 Å². The highest BCUT2D eigenvalue weighted by Crippen LogP contribution is 2.76. The number of nitrogens with zero attached hydrogens (tertiary/aromatic N) is 1. The Kier molecular flexibility index (Phi) is 9.70. The molecule has 2 N–H and O–H groups in total. The molecule has 4 saturated carbocycles. The predicted molar refractivity (Wildman–Crippen MR) is 205 cm³/mol. The smallest absolute Gasteiger partial charge is 0.293 e. The molecule has 10 atom stereocenters. The summed E-state index contributed by atoms with van der Waals surface area (Å²) in [5.41, 5.74) is 4.53. The quantitative estimate of drug-likeness (QED) is 0.191. The normalized spacial score (nSPS) is 46.0. The highest BCUT2D eigenvalue weighted by molar-refractivity contribution is 7.91. The lowest BCUT2D eigenvalue weighted by molar-refractivity contribution is -0.221. The Morgan fingerprint density at radius 1 is 0.961 bits per heavy atom. The fourth-order valence-electron chi connectivity index (χ4n) is 14.6. The van der Waals surface area contributed by atoms with Gasteiger partial charge in [-0.3, -0.25) is 4.79 Å². The van der Waals surface area contributed by atoms with Crippen molar-refractivity contribution in [3.8, 4) is 0 Å². The van der Waals surface area contributed by atoms with Crippen LogP contribution in [-0.4, -0.2) is 80.3 Å². The van der Waals surface area contributed by atoms with Crippen LogP contribution in [0.3, 0.4) is 0 Å². The minimum atomic E-state index is -2.86. The van der Waals surface area contributed by atoms with E-state index in [0.717, 1.165) is 25.9 Å². The molecule has 1 unspecified atom stereocenters. The minimum absolute atomic E-state index is 0.0589. The van der Waals surface area contributed by atoms with Gasteiger partial charge in [0.2, 0.25) is 0 Å². The number of hydrogen-bond donors (Lipinski definition) is 2. The molecule has 1 saturated heterocycles. The number of nitrogens with one attached hydrogen (secondary N) is 1. The number of ether oxygens (including phenoxy) is 1. The Morgan fingerprint density at radius 3 is 2.35 bits per heavy atom. The van der Waals surface area contributed by atoms with Gasteiger partial charge in [-0.1, -0.05) is 58.9 Å². The molecule has 7 aliphatic rings. The van der Waals surface area contributed by atoms with Crippen LogP contribution in [0.5, 0.6) is 0 Å². The SMILES string of the molecule is C=C(C)[C@@H]1CC[C@]2(NCCN3CCS(=O)(=O)CC3)CC[C@]3(C)[C@H](CC[C@@H]4[C@@]5(C)CC=C(C6=CCC(CO)(OC=O)CC6)C(C)(C)[C@@H]5CC[C@]43C)[C@@H]12. The number of rotatable bonds is 9. The van der Waals surface area contributed by atoms with Crippen molar-refractivity contribution in [2.45, 2.75) is 130 Å². The molecule has 1 aliphatic heterocycles. The van der Waals surface area contributed by atoms with Crippen LogP contribution in [0.2, 0.25) is 0 Å². The van der Waals surface area contributed by atoms with Crippen molar-refractivity contribution in [3.05, 3.63) is 35.5 Å². The van der Waals surface area contributed by atoms with Gasteiger partial charge in [-0.15, -0.1) is 0 Å². The molecule has 286 valence electrons. The Hall–Kier alpha value is -1.48.